The molecule has 0 radical (unpaired) electrons. The van der Waals surface area contributed by atoms with Crippen LogP contribution in [0.4, 0.5) is 0 Å². The van der Waals surface area contributed by atoms with Crippen molar-refractivity contribution in [2.75, 3.05) is 0 Å². The third kappa shape index (κ3) is 3.88. The Labute approximate surface area is 140 Å². The first kappa shape index (κ1) is 16.5. The molecule has 0 aliphatic rings. The monoisotopic (exact) mass is 366 g/mol. The first-order valence-corrected chi connectivity index (χ1v) is 8.25. The average Bonchev–Trinajstić information content (AvgIpc) is 2.37. The van der Waals surface area contributed by atoms with Crippen LogP contribution in [0.1, 0.15) is 37.5 Å². The maximum absolute atomic E-state index is 11.0. The summed E-state index contributed by atoms with van der Waals surface area (Å²) in [6.07, 6.45) is 0.998. The molecular formula is C18H20BrClO. The highest BCUT2D eigenvalue weighted by atomic mass is 79.9. The van der Waals surface area contributed by atoms with Crippen LogP contribution in [0.2, 0.25) is 5.02 Å². The molecule has 1 atom stereocenters. The van der Waals surface area contributed by atoms with E-state index < -0.39 is 5.60 Å². The van der Waals surface area contributed by atoms with Crippen molar-refractivity contribution in [1.82, 2.24) is 0 Å². The molecule has 1 N–H and O–H groups in total. The van der Waals surface area contributed by atoms with Crippen LogP contribution in [0.3, 0.4) is 0 Å². The van der Waals surface area contributed by atoms with Crippen molar-refractivity contribution in [3.05, 3.63) is 68.7 Å². The fourth-order valence-electron chi connectivity index (χ4n) is 2.51. The van der Waals surface area contributed by atoms with Gasteiger partial charge in [0.1, 0.15) is 5.60 Å². The number of hydrogen-bond donors (Lipinski definition) is 1. The molecule has 112 valence electrons. The normalized spacial score (nSPS) is 14.2. The van der Waals surface area contributed by atoms with Crippen LogP contribution in [-0.4, -0.2) is 5.11 Å². The van der Waals surface area contributed by atoms with E-state index >= 15 is 0 Å². The largest absolute Gasteiger partial charge is 0.381 e. The summed E-state index contributed by atoms with van der Waals surface area (Å²) in [5.41, 5.74) is 1.71. The molecule has 0 saturated carbocycles. The SMILES string of the molecule is CC(C)Cc1cccc(C(C)(O)c2ccc(Br)cc2Cl)c1. The van der Waals surface area contributed by atoms with Crippen molar-refractivity contribution < 1.29 is 5.11 Å². The molecule has 2 aromatic rings. The number of aliphatic hydroxyl groups is 1. The van der Waals surface area contributed by atoms with E-state index in [0.717, 1.165) is 16.5 Å². The summed E-state index contributed by atoms with van der Waals surface area (Å²) >= 11 is 9.69. The molecule has 0 aliphatic heterocycles. The molecule has 0 aromatic heterocycles. The van der Waals surface area contributed by atoms with Crippen LogP contribution in [0.15, 0.2) is 46.9 Å². The van der Waals surface area contributed by atoms with Gasteiger partial charge >= 0.3 is 0 Å². The minimum absolute atomic E-state index is 0.559. The molecule has 3 heteroatoms. The Kier molecular flexibility index (Phi) is 5.13. The lowest BCUT2D eigenvalue weighted by Gasteiger charge is -2.26. The molecule has 0 heterocycles. The third-order valence-electron chi connectivity index (χ3n) is 3.59. The van der Waals surface area contributed by atoms with Crippen LogP contribution >= 0.6 is 27.5 Å². The summed E-state index contributed by atoms with van der Waals surface area (Å²) in [7, 11) is 0. The Morgan fingerprint density at radius 3 is 2.52 bits per heavy atom. The van der Waals surface area contributed by atoms with Gasteiger partial charge in [-0.3, -0.25) is 0 Å². The lowest BCUT2D eigenvalue weighted by molar-refractivity contribution is 0.102. The van der Waals surface area contributed by atoms with Crippen molar-refractivity contribution in [3.63, 3.8) is 0 Å². The van der Waals surface area contributed by atoms with E-state index in [1.54, 1.807) is 6.92 Å². The van der Waals surface area contributed by atoms with E-state index in [2.05, 4.69) is 41.9 Å². The number of hydrogen-bond acceptors (Lipinski definition) is 1. The minimum atomic E-state index is -1.11. The Bertz CT molecular complexity index is 635. The van der Waals surface area contributed by atoms with Gasteiger partial charge in [0.15, 0.2) is 0 Å². The topological polar surface area (TPSA) is 20.2 Å². The van der Waals surface area contributed by atoms with E-state index in [9.17, 15) is 5.11 Å². The Morgan fingerprint density at radius 2 is 1.90 bits per heavy atom. The molecule has 1 unspecified atom stereocenters. The molecule has 1 nitrogen and oxygen atoms in total. The maximum atomic E-state index is 11.0. The zero-order valence-corrected chi connectivity index (χ0v) is 14.9. The van der Waals surface area contributed by atoms with Crippen LogP contribution in [0.5, 0.6) is 0 Å². The third-order valence-corrected chi connectivity index (χ3v) is 4.39. The van der Waals surface area contributed by atoms with Gasteiger partial charge in [0, 0.05) is 15.1 Å². The zero-order valence-electron chi connectivity index (χ0n) is 12.5. The van der Waals surface area contributed by atoms with Crippen LogP contribution in [-0.2, 0) is 12.0 Å². The Balaban J connectivity index is 2.43. The molecule has 0 spiro atoms. The van der Waals surface area contributed by atoms with Gasteiger partial charge in [0.05, 0.1) is 0 Å². The van der Waals surface area contributed by atoms with Gasteiger partial charge in [0.2, 0.25) is 0 Å². The fraction of sp³-hybridized carbons (Fsp3) is 0.333. The van der Waals surface area contributed by atoms with Gasteiger partial charge in [-0.1, -0.05) is 71.7 Å². The second-order valence-electron chi connectivity index (χ2n) is 5.99. The van der Waals surface area contributed by atoms with Gasteiger partial charge < -0.3 is 5.11 Å². The van der Waals surface area contributed by atoms with Crippen LogP contribution < -0.4 is 0 Å². The van der Waals surface area contributed by atoms with Crippen LogP contribution in [0.25, 0.3) is 0 Å². The Hall–Kier alpha value is -0.830. The van der Waals surface area contributed by atoms with E-state index in [0.29, 0.717) is 16.5 Å². The molecule has 2 aromatic carbocycles. The lowest BCUT2D eigenvalue weighted by Crippen LogP contribution is -2.23. The Morgan fingerprint density at radius 1 is 1.19 bits per heavy atom. The summed E-state index contributed by atoms with van der Waals surface area (Å²) in [6.45, 7) is 6.17. The minimum Gasteiger partial charge on any atom is -0.381 e. The smallest absolute Gasteiger partial charge is 0.113 e. The molecule has 0 aliphatic carbocycles. The van der Waals surface area contributed by atoms with E-state index in [1.165, 1.54) is 5.56 Å². The van der Waals surface area contributed by atoms with Gasteiger partial charge in [-0.2, -0.15) is 0 Å². The molecule has 0 bridgehead atoms. The highest BCUT2D eigenvalue weighted by Gasteiger charge is 2.28. The molecule has 0 saturated heterocycles. The summed E-state index contributed by atoms with van der Waals surface area (Å²) in [5.74, 6) is 0.585. The molecule has 2 rings (SSSR count). The highest BCUT2D eigenvalue weighted by molar-refractivity contribution is 9.10. The van der Waals surface area contributed by atoms with E-state index in [1.807, 2.05) is 30.3 Å². The maximum Gasteiger partial charge on any atom is 0.113 e. The van der Waals surface area contributed by atoms with Crippen molar-refractivity contribution in [2.45, 2.75) is 32.8 Å². The fourth-order valence-corrected chi connectivity index (χ4v) is 3.37. The van der Waals surface area contributed by atoms with Crippen molar-refractivity contribution in [3.8, 4) is 0 Å². The first-order valence-electron chi connectivity index (χ1n) is 7.08. The van der Waals surface area contributed by atoms with E-state index in [4.69, 9.17) is 11.6 Å². The predicted octanol–water partition coefficient (Wildman–Crippen LogP) is 5.56. The molecule has 21 heavy (non-hydrogen) atoms. The standard InChI is InChI=1S/C18H20BrClO/c1-12(2)9-13-5-4-6-14(10-13)18(3,21)16-8-7-15(19)11-17(16)20/h4-8,10-12,21H,9H2,1-3H3. The van der Waals surface area contributed by atoms with Gasteiger partial charge in [-0.05, 0) is 42.5 Å². The van der Waals surface area contributed by atoms with Gasteiger partial charge in [0.25, 0.3) is 0 Å². The summed E-state index contributed by atoms with van der Waals surface area (Å²) in [4.78, 5) is 0. The van der Waals surface area contributed by atoms with Crippen molar-refractivity contribution in [2.24, 2.45) is 5.92 Å². The number of benzene rings is 2. The number of rotatable bonds is 4. The molecule has 0 fully saturated rings. The zero-order chi connectivity index (χ0) is 15.6. The number of halogens is 2. The molecule has 0 amide bonds. The second kappa shape index (κ2) is 6.51. The van der Waals surface area contributed by atoms with Gasteiger partial charge in [-0.15, -0.1) is 0 Å². The first-order chi connectivity index (χ1) is 9.80. The average molecular weight is 368 g/mol. The van der Waals surface area contributed by atoms with Crippen molar-refractivity contribution in [1.29, 1.82) is 0 Å². The van der Waals surface area contributed by atoms with Gasteiger partial charge in [-0.25, -0.2) is 0 Å². The molecular weight excluding hydrogens is 348 g/mol. The summed E-state index contributed by atoms with van der Waals surface area (Å²) < 4.78 is 0.903. The van der Waals surface area contributed by atoms with E-state index in [-0.39, 0.29) is 0 Å². The highest BCUT2D eigenvalue weighted by Crippen LogP contribution is 2.35. The summed E-state index contributed by atoms with van der Waals surface area (Å²) in [6, 6.07) is 13.7. The second-order valence-corrected chi connectivity index (χ2v) is 7.32. The summed E-state index contributed by atoms with van der Waals surface area (Å²) in [5, 5.41) is 11.5. The predicted molar refractivity (Wildman–Crippen MR) is 92.8 cm³/mol. The quantitative estimate of drug-likeness (QED) is 0.750. The van der Waals surface area contributed by atoms with Crippen molar-refractivity contribution >= 4 is 27.5 Å². The van der Waals surface area contributed by atoms with Crippen LogP contribution in [0, 0.1) is 5.92 Å². The lowest BCUT2D eigenvalue weighted by atomic mass is 9.86.